The number of carbonyl (C=O) groups is 1. The zero-order valence-electron chi connectivity index (χ0n) is 11.0. The van der Waals surface area contributed by atoms with Crippen LogP contribution in [0.1, 0.15) is 24.2 Å². The lowest BCUT2D eigenvalue weighted by Crippen LogP contribution is -1.88. The second kappa shape index (κ2) is 5.98. The van der Waals surface area contributed by atoms with Gasteiger partial charge in [0.15, 0.2) is 6.29 Å². The van der Waals surface area contributed by atoms with Gasteiger partial charge in [0, 0.05) is 10.0 Å². The first-order chi connectivity index (χ1) is 9.33. The summed E-state index contributed by atoms with van der Waals surface area (Å²) in [7, 11) is 0. The summed E-state index contributed by atoms with van der Waals surface area (Å²) < 4.78 is 0.877. The molecule has 0 fully saturated rings. The average molecular weight is 315 g/mol. The highest BCUT2D eigenvalue weighted by Crippen LogP contribution is 2.35. The summed E-state index contributed by atoms with van der Waals surface area (Å²) in [5.41, 5.74) is 0.722. The van der Waals surface area contributed by atoms with Gasteiger partial charge in [-0.25, -0.2) is 0 Å². The minimum absolute atomic E-state index is 0.722. The molecule has 96 valence electrons. The van der Waals surface area contributed by atoms with Crippen molar-refractivity contribution in [2.75, 3.05) is 0 Å². The fourth-order valence-electron chi connectivity index (χ4n) is 2.24. The van der Waals surface area contributed by atoms with Gasteiger partial charge in [-0.15, -0.1) is 0 Å². The monoisotopic (exact) mass is 314 g/mol. The molecule has 0 heterocycles. The highest BCUT2D eigenvalue weighted by atomic mass is 79.9. The molecule has 0 aromatic heterocycles. The van der Waals surface area contributed by atoms with E-state index in [1.54, 1.807) is 0 Å². The topological polar surface area (TPSA) is 17.1 Å². The molecule has 0 N–H and O–H groups in total. The zero-order chi connectivity index (χ0) is 13.8. The second-order valence-electron chi connectivity index (χ2n) is 3.94. The van der Waals surface area contributed by atoms with Gasteiger partial charge in [0.2, 0.25) is 0 Å². The number of aldehydes is 1. The summed E-state index contributed by atoms with van der Waals surface area (Å²) >= 11 is 3.53. The molecule has 3 rings (SSSR count). The Morgan fingerprint density at radius 1 is 0.789 bits per heavy atom. The van der Waals surface area contributed by atoms with Crippen molar-refractivity contribution in [2.45, 2.75) is 13.8 Å². The molecule has 0 aliphatic carbocycles. The Kier molecular flexibility index (Phi) is 4.33. The number of rotatable bonds is 1. The van der Waals surface area contributed by atoms with Crippen LogP contribution in [0.3, 0.4) is 0 Å². The van der Waals surface area contributed by atoms with Crippen molar-refractivity contribution in [3.8, 4) is 0 Å². The molecule has 0 saturated heterocycles. The van der Waals surface area contributed by atoms with Gasteiger partial charge in [0.25, 0.3) is 0 Å². The van der Waals surface area contributed by atoms with Crippen LogP contribution in [0.25, 0.3) is 21.5 Å². The largest absolute Gasteiger partial charge is 0.298 e. The molecule has 0 unspecified atom stereocenters. The van der Waals surface area contributed by atoms with Crippen LogP contribution in [-0.2, 0) is 0 Å². The molecule has 1 nitrogen and oxygen atoms in total. The van der Waals surface area contributed by atoms with Gasteiger partial charge in [-0.05, 0) is 37.5 Å². The fourth-order valence-corrected chi connectivity index (χ4v) is 2.89. The Hall–Kier alpha value is -1.67. The molecule has 0 aliphatic heterocycles. The molecule has 2 heteroatoms. The number of hydrogen-bond acceptors (Lipinski definition) is 1. The third kappa shape index (κ3) is 2.28. The minimum atomic E-state index is 0.722. The van der Waals surface area contributed by atoms with E-state index in [9.17, 15) is 4.79 Å². The molecular formula is C17H15BrO. The lowest BCUT2D eigenvalue weighted by Gasteiger charge is -2.09. The summed E-state index contributed by atoms with van der Waals surface area (Å²) in [6, 6.07) is 16.1. The Balaban J connectivity index is 0.000000637. The quantitative estimate of drug-likeness (QED) is 0.422. The van der Waals surface area contributed by atoms with Crippen molar-refractivity contribution in [3.05, 3.63) is 58.6 Å². The SMILES string of the molecule is CC.O=Cc1c(Br)c2ccccc2c2ccccc12. The van der Waals surface area contributed by atoms with E-state index >= 15 is 0 Å². The molecule has 0 bridgehead atoms. The van der Waals surface area contributed by atoms with Gasteiger partial charge in [-0.1, -0.05) is 62.4 Å². The number of fused-ring (bicyclic) bond motifs is 3. The van der Waals surface area contributed by atoms with Crippen LogP contribution in [0.15, 0.2) is 53.0 Å². The van der Waals surface area contributed by atoms with E-state index in [1.165, 1.54) is 5.39 Å². The Bertz CT molecular complexity index is 732. The van der Waals surface area contributed by atoms with Gasteiger partial charge in [0.05, 0.1) is 0 Å². The minimum Gasteiger partial charge on any atom is -0.298 e. The molecular weight excluding hydrogens is 300 g/mol. The molecule has 3 aromatic carbocycles. The molecule has 0 aliphatic rings. The standard InChI is InChI=1S/C15H9BrO.C2H6/c16-15-13-8-4-3-6-11(13)10-5-1-2-7-12(10)14(15)9-17;1-2/h1-9H;1-2H3. The normalized spacial score (nSPS) is 10.1. The predicted molar refractivity (Wildman–Crippen MR) is 85.9 cm³/mol. The fraction of sp³-hybridized carbons (Fsp3) is 0.118. The van der Waals surface area contributed by atoms with Gasteiger partial charge in [-0.2, -0.15) is 0 Å². The molecule has 0 radical (unpaired) electrons. The second-order valence-corrected chi connectivity index (χ2v) is 4.73. The number of hydrogen-bond donors (Lipinski definition) is 0. The van der Waals surface area contributed by atoms with E-state index < -0.39 is 0 Å². The van der Waals surface area contributed by atoms with Crippen LogP contribution in [0.4, 0.5) is 0 Å². The first-order valence-corrected chi connectivity index (χ1v) is 7.16. The third-order valence-corrected chi connectivity index (χ3v) is 3.88. The van der Waals surface area contributed by atoms with Gasteiger partial charge in [0.1, 0.15) is 0 Å². The number of halogens is 1. The summed E-state index contributed by atoms with van der Waals surface area (Å²) in [6.45, 7) is 4.00. The van der Waals surface area contributed by atoms with Crippen LogP contribution in [-0.4, -0.2) is 6.29 Å². The van der Waals surface area contributed by atoms with Crippen LogP contribution in [0.2, 0.25) is 0 Å². The van der Waals surface area contributed by atoms with Crippen molar-refractivity contribution >= 4 is 43.8 Å². The Labute approximate surface area is 121 Å². The highest BCUT2D eigenvalue weighted by Gasteiger charge is 2.10. The molecule has 0 spiro atoms. The van der Waals surface area contributed by atoms with Gasteiger partial charge < -0.3 is 0 Å². The maximum Gasteiger partial charge on any atom is 0.151 e. The molecule has 19 heavy (non-hydrogen) atoms. The first kappa shape index (κ1) is 13.8. The summed E-state index contributed by atoms with van der Waals surface area (Å²) in [6.07, 6.45) is 0.916. The summed E-state index contributed by atoms with van der Waals surface area (Å²) in [5, 5.41) is 4.36. The van der Waals surface area contributed by atoms with E-state index in [4.69, 9.17) is 0 Å². The smallest absolute Gasteiger partial charge is 0.151 e. The van der Waals surface area contributed by atoms with Crippen LogP contribution >= 0.6 is 15.9 Å². The van der Waals surface area contributed by atoms with Crippen molar-refractivity contribution in [1.29, 1.82) is 0 Å². The lowest BCUT2D eigenvalue weighted by atomic mass is 9.98. The molecule has 3 aromatic rings. The van der Waals surface area contributed by atoms with E-state index in [0.717, 1.165) is 32.5 Å². The first-order valence-electron chi connectivity index (χ1n) is 6.37. The predicted octanol–water partition coefficient (Wildman–Crippen LogP) is 5.59. The molecule has 0 saturated carbocycles. The van der Waals surface area contributed by atoms with Gasteiger partial charge in [-0.3, -0.25) is 4.79 Å². The average Bonchev–Trinajstić information content (AvgIpc) is 2.50. The van der Waals surface area contributed by atoms with Crippen molar-refractivity contribution in [1.82, 2.24) is 0 Å². The van der Waals surface area contributed by atoms with Crippen molar-refractivity contribution in [3.63, 3.8) is 0 Å². The van der Waals surface area contributed by atoms with Crippen LogP contribution in [0, 0.1) is 0 Å². The van der Waals surface area contributed by atoms with Crippen LogP contribution in [0.5, 0.6) is 0 Å². The van der Waals surface area contributed by atoms with Crippen molar-refractivity contribution in [2.24, 2.45) is 0 Å². The number of carbonyl (C=O) groups excluding carboxylic acids is 1. The maximum atomic E-state index is 11.3. The van der Waals surface area contributed by atoms with Crippen LogP contribution < -0.4 is 0 Å². The Morgan fingerprint density at radius 3 is 1.74 bits per heavy atom. The summed E-state index contributed by atoms with van der Waals surface area (Å²) in [5.74, 6) is 0. The molecule has 0 atom stereocenters. The summed E-state index contributed by atoms with van der Waals surface area (Å²) in [4.78, 5) is 11.3. The number of benzene rings is 3. The highest BCUT2D eigenvalue weighted by molar-refractivity contribution is 9.10. The third-order valence-electron chi connectivity index (χ3n) is 3.03. The van der Waals surface area contributed by atoms with Gasteiger partial charge >= 0.3 is 0 Å². The zero-order valence-corrected chi connectivity index (χ0v) is 12.6. The maximum absolute atomic E-state index is 11.3. The van der Waals surface area contributed by atoms with E-state index in [-0.39, 0.29) is 0 Å². The Morgan fingerprint density at radius 2 is 1.21 bits per heavy atom. The molecule has 0 amide bonds. The van der Waals surface area contributed by atoms with Crippen molar-refractivity contribution < 1.29 is 4.79 Å². The van der Waals surface area contributed by atoms with E-state index in [0.29, 0.717) is 0 Å². The van der Waals surface area contributed by atoms with E-state index in [1.807, 2.05) is 50.2 Å². The lowest BCUT2D eigenvalue weighted by molar-refractivity contribution is 0.112. The van der Waals surface area contributed by atoms with E-state index in [2.05, 4.69) is 28.1 Å².